The van der Waals surface area contributed by atoms with Crippen LogP contribution in [0.5, 0.6) is 0 Å². The van der Waals surface area contributed by atoms with Gasteiger partial charge in [0.1, 0.15) is 13.5 Å². The van der Waals surface area contributed by atoms with Crippen molar-refractivity contribution in [2.45, 2.75) is 90.1 Å². The van der Waals surface area contributed by atoms with Gasteiger partial charge in [-0.3, -0.25) is 0 Å². The quantitative estimate of drug-likeness (QED) is 0.385. The summed E-state index contributed by atoms with van der Waals surface area (Å²) in [6, 6.07) is 0. The zero-order valence-corrected chi connectivity index (χ0v) is 16.3. The normalized spacial score (nSPS) is 39.1. The number of ether oxygens (including phenoxy) is 2. The summed E-state index contributed by atoms with van der Waals surface area (Å²) < 4.78 is 23.0. The first-order chi connectivity index (χ1) is 12.3. The van der Waals surface area contributed by atoms with E-state index in [9.17, 15) is 4.39 Å². The van der Waals surface area contributed by atoms with Gasteiger partial charge in [0.05, 0.1) is 12.7 Å². The Morgan fingerprint density at radius 3 is 2.16 bits per heavy atom. The maximum atomic E-state index is 12.0. The molecule has 0 bridgehead atoms. The molecule has 0 saturated heterocycles. The van der Waals surface area contributed by atoms with E-state index in [-0.39, 0.29) is 13.4 Å². The Kier molecular flexibility index (Phi) is 8.04. The molecular formula is C22H39FO2. The predicted octanol–water partition coefficient (Wildman–Crippen LogP) is 6.14. The molecule has 0 aromatic carbocycles. The second-order valence-corrected chi connectivity index (χ2v) is 8.98. The fourth-order valence-corrected chi connectivity index (χ4v) is 6.08. The summed E-state index contributed by atoms with van der Waals surface area (Å²) in [7, 11) is 0. The SMILES string of the molecule is CCCC1CCC(C2CCC3CC(OCOCCF)CCC3C2)CC1. The van der Waals surface area contributed by atoms with Crippen LogP contribution in [0.3, 0.4) is 0 Å². The Labute approximate surface area is 154 Å². The standard InChI is InChI=1S/C22H39FO2/c1-2-3-17-4-6-18(7-5-17)19-8-9-21-15-22(11-10-20(21)14-19)25-16-24-13-12-23/h17-22H,2-16H2,1H3. The minimum Gasteiger partial charge on any atom is -0.353 e. The van der Waals surface area contributed by atoms with E-state index in [1.165, 1.54) is 77.0 Å². The molecule has 4 unspecified atom stereocenters. The van der Waals surface area contributed by atoms with Crippen molar-refractivity contribution in [1.29, 1.82) is 0 Å². The molecule has 0 aromatic rings. The Bertz CT molecular complexity index is 367. The summed E-state index contributed by atoms with van der Waals surface area (Å²) in [5.41, 5.74) is 0. The van der Waals surface area contributed by atoms with Crippen LogP contribution in [0, 0.1) is 29.6 Å². The predicted molar refractivity (Wildman–Crippen MR) is 100 cm³/mol. The molecular weight excluding hydrogens is 315 g/mol. The molecule has 3 heteroatoms. The molecule has 0 spiro atoms. The number of hydrogen-bond acceptors (Lipinski definition) is 2. The zero-order valence-electron chi connectivity index (χ0n) is 16.3. The van der Waals surface area contributed by atoms with E-state index in [0.717, 1.165) is 29.6 Å². The Hall–Kier alpha value is -0.150. The number of hydrogen-bond donors (Lipinski definition) is 0. The van der Waals surface area contributed by atoms with Crippen LogP contribution in [-0.4, -0.2) is 26.2 Å². The van der Waals surface area contributed by atoms with Crippen molar-refractivity contribution in [1.82, 2.24) is 0 Å². The lowest BCUT2D eigenvalue weighted by molar-refractivity contribution is -0.115. The summed E-state index contributed by atoms with van der Waals surface area (Å²) >= 11 is 0. The van der Waals surface area contributed by atoms with Gasteiger partial charge in [-0.15, -0.1) is 0 Å². The van der Waals surface area contributed by atoms with Crippen LogP contribution in [-0.2, 0) is 9.47 Å². The highest BCUT2D eigenvalue weighted by Crippen LogP contribution is 2.48. The third-order valence-corrected chi connectivity index (χ3v) is 7.47. The smallest absolute Gasteiger partial charge is 0.147 e. The average Bonchev–Trinajstić information content (AvgIpc) is 2.66. The van der Waals surface area contributed by atoms with Gasteiger partial charge in [-0.25, -0.2) is 4.39 Å². The molecule has 146 valence electrons. The zero-order chi connectivity index (χ0) is 17.5. The molecule has 0 aliphatic heterocycles. The van der Waals surface area contributed by atoms with Crippen LogP contribution in [0.15, 0.2) is 0 Å². The molecule has 0 N–H and O–H groups in total. The van der Waals surface area contributed by atoms with Gasteiger partial charge in [-0.2, -0.15) is 0 Å². The Morgan fingerprint density at radius 1 is 0.800 bits per heavy atom. The highest BCUT2D eigenvalue weighted by molar-refractivity contribution is 4.89. The second kappa shape index (κ2) is 10.3. The van der Waals surface area contributed by atoms with Crippen LogP contribution in [0.25, 0.3) is 0 Å². The van der Waals surface area contributed by atoms with Gasteiger partial charge in [-0.05, 0) is 81.0 Å². The van der Waals surface area contributed by atoms with Crippen LogP contribution < -0.4 is 0 Å². The molecule has 2 nitrogen and oxygen atoms in total. The topological polar surface area (TPSA) is 18.5 Å². The summed E-state index contributed by atoms with van der Waals surface area (Å²) in [5, 5.41) is 0. The van der Waals surface area contributed by atoms with Crippen LogP contribution >= 0.6 is 0 Å². The maximum absolute atomic E-state index is 12.0. The minimum atomic E-state index is -0.416. The average molecular weight is 355 g/mol. The highest BCUT2D eigenvalue weighted by Gasteiger charge is 2.38. The molecule has 0 heterocycles. The van der Waals surface area contributed by atoms with Crippen molar-refractivity contribution in [3.8, 4) is 0 Å². The monoisotopic (exact) mass is 354 g/mol. The lowest BCUT2D eigenvalue weighted by Gasteiger charge is -2.45. The van der Waals surface area contributed by atoms with Crippen LogP contribution in [0.2, 0.25) is 0 Å². The molecule has 0 amide bonds. The maximum Gasteiger partial charge on any atom is 0.147 e. The Morgan fingerprint density at radius 2 is 1.44 bits per heavy atom. The van der Waals surface area contributed by atoms with Crippen molar-refractivity contribution in [2.24, 2.45) is 29.6 Å². The summed E-state index contributed by atoms with van der Waals surface area (Å²) in [5.74, 6) is 4.88. The van der Waals surface area contributed by atoms with Gasteiger partial charge in [0.15, 0.2) is 0 Å². The van der Waals surface area contributed by atoms with Gasteiger partial charge in [0.2, 0.25) is 0 Å². The molecule has 3 aliphatic rings. The first-order valence-corrected chi connectivity index (χ1v) is 11.0. The van der Waals surface area contributed by atoms with E-state index in [1.807, 2.05) is 0 Å². The summed E-state index contributed by atoms with van der Waals surface area (Å²) in [4.78, 5) is 0. The van der Waals surface area contributed by atoms with Crippen LogP contribution in [0.4, 0.5) is 4.39 Å². The van der Waals surface area contributed by atoms with Crippen molar-refractivity contribution in [3.05, 3.63) is 0 Å². The molecule has 3 fully saturated rings. The first kappa shape index (κ1) is 19.6. The number of fused-ring (bicyclic) bond motifs is 1. The van der Waals surface area contributed by atoms with Crippen molar-refractivity contribution < 1.29 is 13.9 Å². The van der Waals surface area contributed by atoms with E-state index in [4.69, 9.17) is 9.47 Å². The lowest BCUT2D eigenvalue weighted by atomic mass is 9.62. The second-order valence-electron chi connectivity index (χ2n) is 8.98. The van der Waals surface area contributed by atoms with Crippen molar-refractivity contribution >= 4 is 0 Å². The van der Waals surface area contributed by atoms with Crippen molar-refractivity contribution in [3.63, 3.8) is 0 Å². The molecule has 0 radical (unpaired) electrons. The van der Waals surface area contributed by atoms with E-state index < -0.39 is 6.67 Å². The van der Waals surface area contributed by atoms with Gasteiger partial charge in [0, 0.05) is 0 Å². The molecule has 3 aliphatic carbocycles. The number of alkyl halides is 1. The molecule has 3 rings (SSSR count). The Balaban J connectivity index is 1.37. The van der Waals surface area contributed by atoms with Crippen molar-refractivity contribution in [2.75, 3.05) is 20.1 Å². The molecule has 0 aromatic heterocycles. The number of rotatable bonds is 8. The van der Waals surface area contributed by atoms with E-state index in [2.05, 4.69) is 6.92 Å². The fourth-order valence-electron chi connectivity index (χ4n) is 6.08. The fraction of sp³-hybridized carbons (Fsp3) is 1.00. The third-order valence-electron chi connectivity index (χ3n) is 7.47. The third kappa shape index (κ3) is 5.66. The van der Waals surface area contributed by atoms with Crippen LogP contribution in [0.1, 0.15) is 84.0 Å². The van der Waals surface area contributed by atoms with E-state index >= 15 is 0 Å². The molecule has 4 atom stereocenters. The summed E-state index contributed by atoms with van der Waals surface area (Å²) in [6.45, 7) is 2.36. The first-order valence-electron chi connectivity index (χ1n) is 11.0. The van der Waals surface area contributed by atoms with Gasteiger partial charge in [0.25, 0.3) is 0 Å². The largest absolute Gasteiger partial charge is 0.353 e. The van der Waals surface area contributed by atoms with E-state index in [1.54, 1.807) is 0 Å². The van der Waals surface area contributed by atoms with E-state index in [0.29, 0.717) is 6.10 Å². The number of halogens is 1. The summed E-state index contributed by atoms with van der Waals surface area (Å²) in [6.07, 6.45) is 17.2. The van der Waals surface area contributed by atoms with Gasteiger partial charge in [-0.1, -0.05) is 32.6 Å². The molecule has 25 heavy (non-hydrogen) atoms. The minimum absolute atomic E-state index is 0.168. The van der Waals surface area contributed by atoms with Gasteiger partial charge < -0.3 is 9.47 Å². The highest BCUT2D eigenvalue weighted by atomic mass is 19.1. The van der Waals surface area contributed by atoms with Gasteiger partial charge >= 0.3 is 0 Å². The lowest BCUT2D eigenvalue weighted by Crippen LogP contribution is -2.37. The molecule has 3 saturated carbocycles.